The Morgan fingerprint density at radius 2 is 1.73 bits per heavy atom. The number of benzene rings is 2. The van der Waals surface area contributed by atoms with Crippen LogP contribution < -0.4 is 10.1 Å². The third-order valence-corrected chi connectivity index (χ3v) is 5.82. The van der Waals surface area contributed by atoms with Gasteiger partial charge in [0.05, 0.1) is 6.54 Å². The van der Waals surface area contributed by atoms with Gasteiger partial charge in [-0.2, -0.15) is 0 Å². The van der Waals surface area contributed by atoms with Crippen LogP contribution in [0.3, 0.4) is 0 Å². The molecule has 4 rings (SSSR count). The zero-order chi connectivity index (χ0) is 20.8. The van der Waals surface area contributed by atoms with Gasteiger partial charge in [0, 0.05) is 38.3 Å². The van der Waals surface area contributed by atoms with Crippen molar-refractivity contribution in [2.24, 2.45) is 0 Å². The number of hydrogen-bond acceptors (Lipinski definition) is 4. The van der Waals surface area contributed by atoms with Crippen molar-refractivity contribution in [1.29, 1.82) is 0 Å². The van der Waals surface area contributed by atoms with E-state index in [1.165, 1.54) is 5.56 Å². The number of rotatable bonds is 6. The molecule has 2 aliphatic rings. The van der Waals surface area contributed by atoms with Crippen LogP contribution in [0, 0.1) is 0 Å². The lowest BCUT2D eigenvalue weighted by Gasteiger charge is -2.32. The fraction of sp³-hybridized carbons (Fsp3) is 0.417. The summed E-state index contributed by atoms with van der Waals surface area (Å²) in [6.45, 7) is 4.36. The number of carbonyl (C=O) groups excluding carboxylic acids is 2. The summed E-state index contributed by atoms with van der Waals surface area (Å²) in [5, 5.41) is 2.74. The van der Waals surface area contributed by atoms with Crippen LogP contribution in [0.4, 0.5) is 0 Å². The van der Waals surface area contributed by atoms with Crippen LogP contribution in [0.15, 0.2) is 54.6 Å². The lowest BCUT2D eigenvalue weighted by Crippen LogP contribution is -2.49. The maximum absolute atomic E-state index is 12.5. The number of carbonyl (C=O) groups is 2. The normalized spacial score (nSPS) is 18.1. The van der Waals surface area contributed by atoms with Gasteiger partial charge in [0.2, 0.25) is 5.91 Å². The highest BCUT2D eigenvalue weighted by molar-refractivity contribution is 5.97. The summed E-state index contributed by atoms with van der Waals surface area (Å²) in [5.41, 5.74) is 1.98. The third-order valence-electron chi connectivity index (χ3n) is 5.82. The molecule has 2 amide bonds. The Labute approximate surface area is 177 Å². The predicted molar refractivity (Wildman–Crippen MR) is 116 cm³/mol. The lowest BCUT2D eigenvalue weighted by atomic mass is 10.1. The summed E-state index contributed by atoms with van der Waals surface area (Å²) in [6, 6.07) is 17.9. The number of hydrogen-bond donors (Lipinski definition) is 1. The molecule has 1 N–H and O–H groups in total. The van der Waals surface area contributed by atoms with E-state index in [4.69, 9.17) is 4.74 Å². The van der Waals surface area contributed by atoms with E-state index in [-0.39, 0.29) is 24.5 Å². The maximum Gasteiger partial charge on any atom is 0.254 e. The number of nitrogens with zero attached hydrogens (tertiary/aromatic N) is 2. The standard InChI is InChI=1S/C24H29N3O3/c28-23-18-27(17-13-25-23)24(29)20-6-8-21(9-7-20)30-22-11-15-26(16-12-22)14-10-19-4-2-1-3-5-19/h1-9,22H,10-18H2,(H,25,28). The summed E-state index contributed by atoms with van der Waals surface area (Å²) in [4.78, 5) is 28.1. The molecule has 2 aromatic carbocycles. The predicted octanol–water partition coefficient (Wildman–Crippen LogP) is 2.34. The lowest BCUT2D eigenvalue weighted by molar-refractivity contribution is -0.123. The van der Waals surface area contributed by atoms with E-state index in [0.717, 1.165) is 44.6 Å². The number of nitrogens with one attached hydrogen (secondary N) is 1. The van der Waals surface area contributed by atoms with Crippen LogP contribution in [0.5, 0.6) is 5.75 Å². The molecule has 0 aromatic heterocycles. The van der Waals surface area contributed by atoms with E-state index in [2.05, 4.69) is 40.5 Å². The molecule has 6 nitrogen and oxygen atoms in total. The molecule has 0 aliphatic carbocycles. The topological polar surface area (TPSA) is 61.9 Å². The molecule has 0 radical (unpaired) electrons. The molecule has 2 aromatic rings. The largest absolute Gasteiger partial charge is 0.490 e. The molecule has 2 fully saturated rings. The smallest absolute Gasteiger partial charge is 0.254 e. The zero-order valence-corrected chi connectivity index (χ0v) is 17.3. The van der Waals surface area contributed by atoms with Gasteiger partial charge in [0.1, 0.15) is 11.9 Å². The Morgan fingerprint density at radius 3 is 2.43 bits per heavy atom. The van der Waals surface area contributed by atoms with E-state index in [1.807, 2.05) is 12.1 Å². The molecule has 2 aliphatic heterocycles. The molecule has 0 saturated carbocycles. The van der Waals surface area contributed by atoms with Crippen LogP contribution in [0.25, 0.3) is 0 Å². The molecule has 0 spiro atoms. The van der Waals surface area contributed by atoms with E-state index >= 15 is 0 Å². The van der Waals surface area contributed by atoms with Crippen LogP contribution in [-0.4, -0.2) is 67.0 Å². The fourth-order valence-electron chi connectivity index (χ4n) is 4.05. The van der Waals surface area contributed by atoms with E-state index in [9.17, 15) is 9.59 Å². The van der Waals surface area contributed by atoms with Crippen LogP contribution in [-0.2, 0) is 11.2 Å². The van der Waals surface area contributed by atoms with Gasteiger partial charge in [-0.25, -0.2) is 0 Å². The van der Waals surface area contributed by atoms with Crippen molar-refractivity contribution in [2.45, 2.75) is 25.4 Å². The van der Waals surface area contributed by atoms with Crippen molar-refractivity contribution in [1.82, 2.24) is 15.1 Å². The minimum absolute atomic E-state index is 0.107. The van der Waals surface area contributed by atoms with E-state index < -0.39 is 0 Å². The molecule has 0 unspecified atom stereocenters. The SMILES string of the molecule is O=C1CN(C(=O)c2ccc(OC3CCN(CCc4ccccc4)CC3)cc2)CCN1. The van der Waals surface area contributed by atoms with Gasteiger partial charge in [-0.15, -0.1) is 0 Å². The van der Waals surface area contributed by atoms with Gasteiger partial charge >= 0.3 is 0 Å². The number of ether oxygens (including phenoxy) is 1. The van der Waals surface area contributed by atoms with Crippen molar-refractivity contribution < 1.29 is 14.3 Å². The second-order valence-corrected chi connectivity index (χ2v) is 8.00. The van der Waals surface area contributed by atoms with Gasteiger partial charge in [0.15, 0.2) is 0 Å². The van der Waals surface area contributed by atoms with Crippen molar-refractivity contribution in [3.05, 3.63) is 65.7 Å². The first-order chi connectivity index (χ1) is 14.7. The number of amides is 2. The molecular weight excluding hydrogens is 378 g/mol. The Balaban J connectivity index is 1.22. The zero-order valence-electron chi connectivity index (χ0n) is 17.3. The minimum atomic E-state index is -0.108. The van der Waals surface area contributed by atoms with E-state index in [1.54, 1.807) is 17.0 Å². The molecule has 6 heteroatoms. The van der Waals surface area contributed by atoms with Crippen molar-refractivity contribution in [3.63, 3.8) is 0 Å². The highest BCUT2D eigenvalue weighted by atomic mass is 16.5. The molecule has 0 bridgehead atoms. The van der Waals surface area contributed by atoms with Crippen molar-refractivity contribution in [2.75, 3.05) is 39.3 Å². The summed E-state index contributed by atoms with van der Waals surface area (Å²) in [7, 11) is 0. The molecule has 158 valence electrons. The highest BCUT2D eigenvalue weighted by Crippen LogP contribution is 2.20. The Hall–Kier alpha value is -2.86. The number of piperazine rings is 1. The summed E-state index contributed by atoms with van der Waals surface area (Å²) >= 11 is 0. The molecule has 0 atom stereocenters. The van der Waals surface area contributed by atoms with Gasteiger partial charge in [-0.3, -0.25) is 9.59 Å². The van der Waals surface area contributed by atoms with Crippen LogP contribution >= 0.6 is 0 Å². The second kappa shape index (κ2) is 9.76. The maximum atomic E-state index is 12.5. The van der Waals surface area contributed by atoms with Gasteiger partial charge in [0.25, 0.3) is 5.91 Å². The molecule has 30 heavy (non-hydrogen) atoms. The first-order valence-electron chi connectivity index (χ1n) is 10.8. The monoisotopic (exact) mass is 407 g/mol. The Kier molecular flexibility index (Phi) is 6.64. The summed E-state index contributed by atoms with van der Waals surface area (Å²) in [6.07, 6.45) is 3.32. The highest BCUT2D eigenvalue weighted by Gasteiger charge is 2.23. The van der Waals surface area contributed by atoms with Crippen LogP contribution in [0.2, 0.25) is 0 Å². The van der Waals surface area contributed by atoms with Crippen LogP contribution in [0.1, 0.15) is 28.8 Å². The number of piperidine rings is 1. The fourth-order valence-corrected chi connectivity index (χ4v) is 4.05. The summed E-state index contributed by atoms with van der Waals surface area (Å²) < 4.78 is 6.15. The summed E-state index contributed by atoms with van der Waals surface area (Å²) in [5.74, 6) is 0.582. The molecule has 2 saturated heterocycles. The first-order valence-corrected chi connectivity index (χ1v) is 10.8. The van der Waals surface area contributed by atoms with E-state index in [0.29, 0.717) is 18.7 Å². The third kappa shape index (κ3) is 5.39. The second-order valence-electron chi connectivity index (χ2n) is 8.00. The minimum Gasteiger partial charge on any atom is -0.490 e. The van der Waals surface area contributed by atoms with Gasteiger partial charge < -0.3 is 19.9 Å². The average molecular weight is 408 g/mol. The average Bonchev–Trinajstić information content (AvgIpc) is 2.79. The Bertz CT molecular complexity index is 846. The van der Waals surface area contributed by atoms with Gasteiger partial charge in [-0.05, 0) is 49.1 Å². The number of likely N-dealkylation sites (tertiary alicyclic amines) is 1. The first kappa shape index (κ1) is 20.4. The van der Waals surface area contributed by atoms with Crippen molar-refractivity contribution in [3.8, 4) is 5.75 Å². The molecular formula is C24H29N3O3. The quantitative estimate of drug-likeness (QED) is 0.799. The van der Waals surface area contributed by atoms with Crippen molar-refractivity contribution >= 4 is 11.8 Å². The Morgan fingerprint density at radius 1 is 1.00 bits per heavy atom. The van der Waals surface area contributed by atoms with Gasteiger partial charge in [-0.1, -0.05) is 30.3 Å². The molecule has 2 heterocycles.